The van der Waals surface area contributed by atoms with E-state index >= 15 is 0 Å². The van der Waals surface area contributed by atoms with Gasteiger partial charge in [0.2, 0.25) is 0 Å². The molecule has 0 N–H and O–H groups in total. The van der Waals surface area contributed by atoms with E-state index in [1.165, 1.54) is 13.5 Å². The molecule has 0 radical (unpaired) electrons. The van der Waals surface area contributed by atoms with Gasteiger partial charge in [0.05, 0.1) is 13.7 Å². The minimum atomic E-state index is -0.588. The smallest absolute Gasteiger partial charge is 0.305 e. The van der Waals surface area contributed by atoms with Gasteiger partial charge in [-0.1, -0.05) is 18.6 Å². The molecule has 1 aliphatic carbocycles. The highest BCUT2D eigenvalue weighted by Gasteiger charge is 2.52. The number of esters is 1. The quantitative estimate of drug-likeness (QED) is 0.558. The number of carbonyl (C=O) groups excluding carboxylic acids is 1. The molecule has 3 aliphatic rings. The first-order chi connectivity index (χ1) is 11.9. The molecule has 142 valence electrons. The summed E-state index contributed by atoms with van der Waals surface area (Å²) in [7, 11) is 1.40. The lowest BCUT2D eigenvalue weighted by molar-refractivity contribution is -0.205. The van der Waals surface area contributed by atoms with Crippen LogP contribution >= 0.6 is 0 Å². The number of hydrogen-bond donors (Lipinski definition) is 0. The maximum Gasteiger partial charge on any atom is 0.305 e. The van der Waals surface area contributed by atoms with Crippen LogP contribution in [0.1, 0.15) is 58.8 Å². The molecule has 6 nitrogen and oxygen atoms in total. The maximum atomic E-state index is 11.2. The minimum Gasteiger partial charge on any atom is -0.469 e. The Hall–Kier alpha value is -0.950. The summed E-state index contributed by atoms with van der Waals surface area (Å²) in [6.07, 6.45) is 9.78. The summed E-state index contributed by atoms with van der Waals surface area (Å²) in [4.78, 5) is 11.2. The Morgan fingerprint density at radius 1 is 1.16 bits per heavy atom. The van der Waals surface area contributed by atoms with Crippen LogP contribution in [0, 0.1) is 0 Å². The molecular formula is C19H30O6. The highest BCUT2D eigenvalue weighted by Crippen LogP contribution is 2.43. The van der Waals surface area contributed by atoms with Gasteiger partial charge in [0, 0.05) is 19.3 Å². The highest BCUT2D eigenvalue weighted by atomic mass is 16.8. The molecule has 1 spiro atoms. The molecular weight excluding hydrogens is 324 g/mol. The standard InChI is InChI=1S/C19H30O6/c1-18(2)22-13-15(23-18)17-14(9-5-6-10-16(20)21-3)24-19(25-17)11-7-4-8-12-19/h5,9,14-15,17H,4,6-8,10-13H2,1-3H3/b9-5+/t14-,15+,17-/m0/s1. The van der Waals surface area contributed by atoms with Crippen molar-refractivity contribution in [3.63, 3.8) is 0 Å². The minimum absolute atomic E-state index is 0.147. The average molecular weight is 354 g/mol. The van der Waals surface area contributed by atoms with Crippen LogP contribution in [-0.2, 0) is 28.5 Å². The van der Waals surface area contributed by atoms with Crippen LogP contribution in [0.5, 0.6) is 0 Å². The molecule has 2 aliphatic heterocycles. The molecule has 3 atom stereocenters. The van der Waals surface area contributed by atoms with E-state index in [0.717, 1.165) is 25.7 Å². The lowest BCUT2D eigenvalue weighted by Gasteiger charge is -2.32. The van der Waals surface area contributed by atoms with Crippen molar-refractivity contribution in [3.05, 3.63) is 12.2 Å². The second-order valence-electron chi connectivity index (χ2n) is 7.55. The third-order valence-electron chi connectivity index (χ3n) is 5.11. The Balaban J connectivity index is 1.66. The number of allylic oxidation sites excluding steroid dienone is 1. The van der Waals surface area contributed by atoms with Gasteiger partial charge in [-0.05, 0) is 33.1 Å². The summed E-state index contributed by atoms with van der Waals surface area (Å²) in [6, 6.07) is 0. The molecule has 0 aromatic rings. The summed E-state index contributed by atoms with van der Waals surface area (Å²) >= 11 is 0. The van der Waals surface area contributed by atoms with Gasteiger partial charge in [0.15, 0.2) is 11.6 Å². The van der Waals surface area contributed by atoms with Crippen molar-refractivity contribution < 1.29 is 28.5 Å². The number of carbonyl (C=O) groups is 1. The average Bonchev–Trinajstić information content (AvgIpc) is 3.12. The summed E-state index contributed by atoms with van der Waals surface area (Å²) in [5.74, 6) is -1.28. The Labute approximate surface area is 149 Å². The predicted octanol–water partition coefficient (Wildman–Crippen LogP) is 3.09. The molecule has 0 aromatic heterocycles. The van der Waals surface area contributed by atoms with Crippen LogP contribution in [0.15, 0.2) is 12.2 Å². The van der Waals surface area contributed by atoms with E-state index in [1.807, 2.05) is 26.0 Å². The van der Waals surface area contributed by atoms with E-state index in [1.54, 1.807) is 0 Å². The monoisotopic (exact) mass is 354 g/mol. The van der Waals surface area contributed by atoms with Crippen LogP contribution < -0.4 is 0 Å². The molecule has 2 heterocycles. The van der Waals surface area contributed by atoms with Crippen LogP contribution in [0.4, 0.5) is 0 Å². The molecule has 6 heteroatoms. The molecule has 0 unspecified atom stereocenters. The molecule has 0 aromatic carbocycles. The predicted molar refractivity (Wildman–Crippen MR) is 90.9 cm³/mol. The van der Waals surface area contributed by atoms with Gasteiger partial charge in [-0.15, -0.1) is 0 Å². The Kier molecular flexibility index (Phi) is 5.83. The lowest BCUT2D eigenvalue weighted by Crippen LogP contribution is -2.38. The third kappa shape index (κ3) is 4.61. The Morgan fingerprint density at radius 3 is 2.56 bits per heavy atom. The van der Waals surface area contributed by atoms with Crippen molar-refractivity contribution in [1.82, 2.24) is 0 Å². The molecule has 0 bridgehead atoms. The van der Waals surface area contributed by atoms with Crippen LogP contribution in [-0.4, -0.2) is 49.6 Å². The summed E-state index contributed by atoms with van der Waals surface area (Å²) in [5, 5.41) is 0. The summed E-state index contributed by atoms with van der Waals surface area (Å²) in [5.41, 5.74) is 0. The highest BCUT2D eigenvalue weighted by molar-refractivity contribution is 5.69. The third-order valence-corrected chi connectivity index (χ3v) is 5.11. The van der Waals surface area contributed by atoms with E-state index in [4.69, 9.17) is 18.9 Å². The van der Waals surface area contributed by atoms with Gasteiger partial charge in [0.25, 0.3) is 0 Å². The first-order valence-electron chi connectivity index (χ1n) is 9.34. The molecule has 1 saturated carbocycles. The fourth-order valence-electron chi connectivity index (χ4n) is 3.83. The Morgan fingerprint density at radius 2 is 1.92 bits per heavy atom. The first-order valence-corrected chi connectivity index (χ1v) is 9.34. The zero-order valence-electron chi connectivity index (χ0n) is 15.5. The molecule has 2 saturated heterocycles. The van der Waals surface area contributed by atoms with Crippen LogP contribution in [0.2, 0.25) is 0 Å². The zero-order chi connectivity index (χ0) is 17.9. The molecule has 0 amide bonds. The zero-order valence-corrected chi connectivity index (χ0v) is 15.5. The normalized spacial score (nSPS) is 34.0. The van der Waals surface area contributed by atoms with Gasteiger partial charge >= 0.3 is 5.97 Å². The van der Waals surface area contributed by atoms with Gasteiger partial charge in [-0.25, -0.2) is 0 Å². The van der Waals surface area contributed by atoms with Gasteiger partial charge < -0.3 is 23.7 Å². The number of hydrogen-bond acceptors (Lipinski definition) is 6. The van der Waals surface area contributed by atoms with Gasteiger partial charge in [0.1, 0.15) is 18.3 Å². The molecule has 3 fully saturated rings. The van der Waals surface area contributed by atoms with Crippen molar-refractivity contribution in [3.8, 4) is 0 Å². The maximum absolute atomic E-state index is 11.2. The Bertz CT molecular complexity index is 494. The topological polar surface area (TPSA) is 63.2 Å². The molecule has 25 heavy (non-hydrogen) atoms. The fraction of sp³-hybridized carbons (Fsp3) is 0.842. The molecule has 3 rings (SSSR count). The summed E-state index contributed by atoms with van der Waals surface area (Å²) < 4.78 is 29.2. The number of rotatable bonds is 5. The van der Waals surface area contributed by atoms with Crippen molar-refractivity contribution in [1.29, 1.82) is 0 Å². The first kappa shape index (κ1) is 18.8. The lowest BCUT2D eigenvalue weighted by atomic mass is 9.94. The van der Waals surface area contributed by atoms with Crippen molar-refractivity contribution in [2.75, 3.05) is 13.7 Å². The van der Waals surface area contributed by atoms with E-state index in [0.29, 0.717) is 19.4 Å². The van der Waals surface area contributed by atoms with Crippen molar-refractivity contribution >= 4 is 5.97 Å². The van der Waals surface area contributed by atoms with E-state index in [-0.39, 0.29) is 24.3 Å². The van der Waals surface area contributed by atoms with Gasteiger partial charge in [-0.3, -0.25) is 4.79 Å². The number of ether oxygens (including phenoxy) is 5. The number of methoxy groups -OCH3 is 1. The largest absolute Gasteiger partial charge is 0.469 e. The SMILES string of the molecule is COC(=O)CC/C=C/[C@@H]1OC2(CCCCC2)O[C@@H]1[C@H]1COC(C)(C)O1. The van der Waals surface area contributed by atoms with E-state index in [2.05, 4.69) is 4.74 Å². The van der Waals surface area contributed by atoms with Crippen LogP contribution in [0.25, 0.3) is 0 Å². The van der Waals surface area contributed by atoms with Gasteiger partial charge in [-0.2, -0.15) is 0 Å². The van der Waals surface area contributed by atoms with Crippen molar-refractivity contribution in [2.24, 2.45) is 0 Å². The summed E-state index contributed by atoms with van der Waals surface area (Å²) in [6.45, 7) is 4.34. The van der Waals surface area contributed by atoms with E-state index < -0.39 is 11.6 Å². The second-order valence-corrected chi connectivity index (χ2v) is 7.55. The van der Waals surface area contributed by atoms with Crippen LogP contribution in [0.3, 0.4) is 0 Å². The second kappa shape index (κ2) is 7.74. The fourth-order valence-corrected chi connectivity index (χ4v) is 3.83. The van der Waals surface area contributed by atoms with Crippen molar-refractivity contribution in [2.45, 2.75) is 88.7 Å². The van der Waals surface area contributed by atoms with E-state index in [9.17, 15) is 4.79 Å².